The molecule has 0 aromatic heterocycles. The van der Waals surface area contributed by atoms with Crippen LogP contribution in [0.25, 0.3) is 0 Å². The van der Waals surface area contributed by atoms with Crippen LogP contribution in [0, 0.1) is 0 Å². The van der Waals surface area contributed by atoms with E-state index in [0.29, 0.717) is 5.69 Å². The van der Waals surface area contributed by atoms with Gasteiger partial charge in [0.25, 0.3) is 5.91 Å². The van der Waals surface area contributed by atoms with Crippen molar-refractivity contribution in [2.24, 2.45) is 0 Å². The monoisotopic (exact) mass is 552 g/mol. The van der Waals surface area contributed by atoms with Gasteiger partial charge in [-0.25, -0.2) is 9.59 Å². The van der Waals surface area contributed by atoms with E-state index >= 15 is 0 Å². The van der Waals surface area contributed by atoms with Crippen LogP contribution in [0.15, 0.2) is 60.7 Å². The Labute approximate surface area is 236 Å². The van der Waals surface area contributed by atoms with Gasteiger partial charge in [0.15, 0.2) is 0 Å². The van der Waals surface area contributed by atoms with E-state index in [0.717, 1.165) is 5.56 Å². The molecule has 1 aliphatic heterocycles. The first kappa shape index (κ1) is 30.5. The van der Waals surface area contributed by atoms with Crippen LogP contribution >= 0.6 is 0 Å². The van der Waals surface area contributed by atoms with Crippen molar-refractivity contribution in [3.63, 3.8) is 0 Å². The molecule has 0 atom stereocenters. The number of amides is 4. The van der Waals surface area contributed by atoms with Crippen LogP contribution in [0.2, 0.25) is 0 Å². The normalized spacial score (nSPS) is 15.0. The Morgan fingerprint density at radius 1 is 0.900 bits per heavy atom. The Bertz CT molecular complexity index is 1190. The topological polar surface area (TPSA) is 117 Å². The summed E-state index contributed by atoms with van der Waals surface area (Å²) in [6.45, 7) is 8.91. The molecular formula is C30H40N4O6. The lowest BCUT2D eigenvalue weighted by atomic mass is 9.84. The van der Waals surface area contributed by atoms with Crippen molar-refractivity contribution in [1.29, 1.82) is 0 Å². The molecule has 1 aliphatic rings. The first-order valence-electron chi connectivity index (χ1n) is 13.4. The molecule has 0 radical (unpaired) electrons. The first-order chi connectivity index (χ1) is 18.7. The van der Waals surface area contributed by atoms with Crippen molar-refractivity contribution in [3.8, 4) is 0 Å². The predicted octanol–water partition coefficient (Wildman–Crippen LogP) is 4.24. The van der Waals surface area contributed by atoms with Gasteiger partial charge in [0.2, 0.25) is 5.91 Å². The number of rotatable bonds is 7. The average molecular weight is 553 g/mol. The molecule has 3 rings (SSSR count). The molecule has 216 valence electrons. The maximum absolute atomic E-state index is 13.9. The van der Waals surface area contributed by atoms with Gasteiger partial charge < -0.3 is 29.9 Å². The number of hydrogen-bond acceptors (Lipinski definition) is 6. The second-order valence-corrected chi connectivity index (χ2v) is 11.5. The zero-order valence-electron chi connectivity index (χ0n) is 24.2. The Morgan fingerprint density at radius 3 is 2.00 bits per heavy atom. The van der Waals surface area contributed by atoms with E-state index in [9.17, 15) is 19.2 Å². The highest BCUT2D eigenvalue weighted by atomic mass is 16.6. The van der Waals surface area contributed by atoms with Gasteiger partial charge in [-0.3, -0.25) is 9.59 Å². The summed E-state index contributed by atoms with van der Waals surface area (Å²) in [6, 6.07) is 18.3. The van der Waals surface area contributed by atoms with Crippen LogP contribution in [-0.2, 0) is 25.7 Å². The number of nitrogens with one attached hydrogen (secondary N) is 2. The van der Waals surface area contributed by atoms with Crippen LogP contribution in [0.5, 0.6) is 0 Å². The van der Waals surface area contributed by atoms with E-state index in [2.05, 4.69) is 10.6 Å². The molecule has 10 heteroatoms. The zero-order valence-corrected chi connectivity index (χ0v) is 24.2. The summed E-state index contributed by atoms with van der Waals surface area (Å²) in [5.74, 6) is -0.872. The SMILES string of the molecule is CN(C(=O)C1(NC(=O)C(C)(C)NC(=O)OCc2ccccc2)CCN(C(=O)OC(C)(C)C)CC1)c1ccccc1. The van der Waals surface area contributed by atoms with Gasteiger partial charge in [-0.2, -0.15) is 0 Å². The maximum atomic E-state index is 13.9. The molecule has 0 saturated carbocycles. The summed E-state index contributed by atoms with van der Waals surface area (Å²) < 4.78 is 10.8. The minimum atomic E-state index is -1.39. The molecule has 2 aromatic carbocycles. The van der Waals surface area contributed by atoms with Crippen LogP contribution in [0.1, 0.15) is 53.0 Å². The number of alkyl carbamates (subject to hydrolysis) is 1. The lowest BCUT2D eigenvalue weighted by Gasteiger charge is -2.44. The van der Waals surface area contributed by atoms with Gasteiger partial charge in [0.05, 0.1) is 0 Å². The maximum Gasteiger partial charge on any atom is 0.410 e. The number of likely N-dealkylation sites (tertiary alicyclic amines) is 1. The lowest BCUT2D eigenvalue weighted by molar-refractivity contribution is -0.136. The molecule has 1 heterocycles. The highest BCUT2D eigenvalue weighted by Crippen LogP contribution is 2.29. The molecule has 10 nitrogen and oxygen atoms in total. The number of nitrogens with zero attached hydrogens (tertiary/aromatic N) is 2. The number of benzene rings is 2. The number of para-hydroxylation sites is 1. The van der Waals surface area contributed by atoms with Gasteiger partial charge >= 0.3 is 12.2 Å². The number of ether oxygens (including phenoxy) is 2. The number of likely N-dealkylation sites (N-methyl/N-ethyl adjacent to an activating group) is 1. The quantitative estimate of drug-likeness (QED) is 0.531. The molecule has 0 unspecified atom stereocenters. The largest absolute Gasteiger partial charge is 0.445 e. The first-order valence-corrected chi connectivity index (χ1v) is 13.4. The fourth-order valence-electron chi connectivity index (χ4n) is 4.32. The highest BCUT2D eigenvalue weighted by Gasteiger charge is 2.48. The summed E-state index contributed by atoms with van der Waals surface area (Å²) >= 11 is 0. The second-order valence-electron chi connectivity index (χ2n) is 11.5. The Hall–Kier alpha value is -4.08. The van der Waals surface area contributed by atoms with E-state index in [1.165, 1.54) is 9.80 Å². The summed E-state index contributed by atoms with van der Waals surface area (Å²) in [7, 11) is 1.65. The van der Waals surface area contributed by atoms with Crippen LogP contribution < -0.4 is 15.5 Å². The van der Waals surface area contributed by atoms with Crippen molar-refractivity contribution >= 4 is 29.7 Å². The van der Waals surface area contributed by atoms with E-state index in [1.54, 1.807) is 53.8 Å². The van der Waals surface area contributed by atoms with Gasteiger partial charge in [-0.05, 0) is 65.2 Å². The van der Waals surface area contributed by atoms with Gasteiger partial charge in [0.1, 0.15) is 23.3 Å². The molecule has 40 heavy (non-hydrogen) atoms. The summed E-state index contributed by atoms with van der Waals surface area (Å²) in [5.41, 5.74) is -1.89. The van der Waals surface area contributed by atoms with E-state index < -0.39 is 34.8 Å². The van der Waals surface area contributed by atoms with E-state index in [1.807, 2.05) is 48.5 Å². The van der Waals surface area contributed by atoms with E-state index in [4.69, 9.17) is 9.47 Å². The summed E-state index contributed by atoms with van der Waals surface area (Å²) in [5, 5.41) is 5.53. The second kappa shape index (κ2) is 12.4. The van der Waals surface area contributed by atoms with Crippen molar-refractivity contribution < 1.29 is 28.7 Å². The van der Waals surface area contributed by atoms with Crippen LogP contribution in [0.4, 0.5) is 15.3 Å². The van der Waals surface area contributed by atoms with Crippen LogP contribution in [0.3, 0.4) is 0 Å². The third-order valence-corrected chi connectivity index (χ3v) is 6.67. The van der Waals surface area contributed by atoms with Gasteiger partial charge in [-0.15, -0.1) is 0 Å². The fourth-order valence-corrected chi connectivity index (χ4v) is 4.32. The standard InChI is InChI=1S/C30H40N4O6/c1-28(2,3)40-27(38)34-19-17-30(18-20-34,25(36)33(6)23-15-11-8-12-16-23)31-24(35)29(4,5)32-26(37)39-21-22-13-9-7-10-14-22/h7-16H,17-21H2,1-6H3,(H,31,35)(H,32,37). The van der Waals surface area contributed by atoms with Crippen molar-refractivity contribution in [2.45, 2.75) is 70.7 Å². The number of carbonyl (C=O) groups is 4. The number of piperidine rings is 1. The molecule has 2 aromatic rings. The molecule has 2 N–H and O–H groups in total. The van der Waals surface area contributed by atoms with E-state index in [-0.39, 0.29) is 38.4 Å². The summed E-state index contributed by atoms with van der Waals surface area (Å²) in [4.78, 5) is 55.7. The summed E-state index contributed by atoms with van der Waals surface area (Å²) in [6.07, 6.45) is -0.893. The molecule has 1 saturated heterocycles. The highest BCUT2D eigenvalue weighted by molar-refractivity contribution is 6.03. The third-order valence-electron chi connectivity index (χ3n) is 6.67. The third kappa shape index (κ3) is 7.97. The van der Waals surface area contributed by atoms with Crippen molar-refractivity contribution in [2.75, 3.05) is 25.0 Å². The van der Waals surface area contributed by atoms with Crippen molar-refractivity contribution in [1.82, 2.24) is 15.5 Å². The minimum Gasteiger partial charge on any atom is -0.445 e. The smallest absolute Gasteiger partial charge is 0.410 e. The molecule has 4 amide bonds. The van der Waals surface area contributed by atoms with Gasteiger partial charge in [0, 0.05) is 25.8 Å². The number of carbonyl (C=O) groups excluding carboxylic acids is 4. The fraction of sp³-hybridized carbons (Fsp3) is 0.467. The van der Waals surface area contributed by atoms with Gasteiger partial charge in [-0.1, -0.05) is 48.5 Å². The molecule has 0 spiro atoms. The number of anilines is 1. The zero-order chi connectivity index (χ0) is 29.6. The lowest BCUT2D eigenvalue weighted by Crippen LogP contribution is -2.68. The average Bonchev–Trinajstić information content (AvgIpc) is 2.91. The Morgan fingerprint density at radius 2 is 1.45 bits per heavy atom. The Balaban J connectivity index is 1.75. The molecule has 0 bridgehead atoms. The van der Waals surface area contributed by atoms with Crippen molar-refractivity contribution in [3.05, 3.63) is 66.2 Å². The number of hydrogen-bond donors (Lipinski definition) is 2. The predicted molar refractivity (Wildman–Crippen MR) is 152 cm³/mol. The van der Waals surface area contributed by atoms with Crippen LogP contribution in [-0.4, -0.2) is 65.7 Å². The molecular weight excluding hydrogens is 512 g/mol. The molecule has 1 fully saturated rings. The minimum absolute atomic E-state index is 0.0508. The Kier molecular flexibility index (Phi) is 9.44. The molecule has 0 aliphatic carbocycles.